The molecular formula is C20H28O3. The number of rotatable bonds is 3. The minimum atomic E-state index is -0.940. The highest BCUT2D eigenvalue weighted by molar-refractivity contribution is 5.72. The molecule has 1 aromatic rings. The van der Waals surface area contributed by atoms with Crippen molar-refractivity contribution in [3.05, 3.63) is 41.5 Å². The molecule has 1 saturated heterocycles. The first kappa shape index (κ1) is 16.7. The second-order valence-corrected chi connectivity index (χ2v) is 8.27. The van der Waals surface area contributed by atoms with Crippen LogP contribution in [0.25, 0.3) is 5.57 Å². The van der Waals surface area contributed by atoms with E-state index in [2.05, 4.69) is 26.0 Å². The Morgan fingerprint density at radius 3 is 2.61 bits per heavy atom. The molecule has 1 aliphatic carbocycles. The average molecular weight is 316 g/mol. The molecule has 3 nitrogen and oxygen atoms in total. The summed E-state index contributed by atoms with van der Waals surface area (Å²) in [5.74, 6) is 0. The lowest BCUT2D eigenvalue weighted by Gasteiger charge is -2.48. The SMILES string of the molecule is CC(C)(O)CCC1=C[C@@H]2OC(C)(C)CC[C@]2(O)c2ccccc21. The van der Waals surface area contributed by atoms with Gasteiger partial charge in [0.2, 0.25) is 0 Å². The first-order valence-corrected chi connectivity index (χ1v) is 8.54. The van der Waals surface area contributed by atoms with Crippen LogP contribution in [0.4, 0.5) is 0 Å². The third-order valence-corrected chi connectivity index (χ3v) is 5.12. The van der Waals surface area contributed by atoms with Gasteiger partial charge in [0.1, 0.15) is 11.7 Å². The summed E-state index contributed by atoms with van der Waals surface area (Å²) in [4.78, 5) is 0. The topological polar surface area (TPSA) is 49.7 Å². The van der Waals surface area contributed by atoms with E-state index in [4.69, 9.17) is 4.74 Å². The van der Waals surface area contributed by atoms with Crippen molar-refractivity contribution < 1.29 is 14.9 Å². The lowest BCUT2D eigenvalue weighted by molar-refractivity contribution is -0.194. The smallest absolute Gasteiger partial charge is 0.120 e. The summed E-state index contributed by atoms with van der Waals surface area (Å²) in [6, 6.07) is 8.07. The van der Waals surface area contributed by atoms with E-state index in [1.165, 1.54) is 0 Å². The number of hydrogen-bond acceptors (Lipinski definition) is 3. The fourth-order valence-electron chi connectivity index (χ4n) is 3.67. The van der Waals surface area contributed by atoms with E-state index in [0.717, 1.165) is 29.5 Å². The molecule has 0 aromatic heterocycles. The fourth-order valence-corrected chi connectivity index (χ4v) is 3.67. The number of benzene rings is 1. The van der Waals surface area contributed by atoms with Gasteiger partial charge in [-0.3, -0.25) is 0 Å². The molecule has 0 radical (unpaired) electrons. The molecule has 0 amide bonds. The Hall–Kier alpha value is -1.16. The van der Waals surface area contributed by atoms with Crippen molar-refractivity contribution in [3.8, 4) is 0 Å². The Labute approximate surface area is 139 Å². The van der Waals surface area contributed by atoms with Gasteiger partial charge in [0, 0.05) is 0 Å². The molecule has 3 heteroatoms. The van der Waals surface area contributed by atoms with E-state index in [1.54, 1.807) is 0 Å². The van der Waals surface area contributed by atoms with Crippen molar-refractivity contribution in [3.63, 3.8) is 0 Å². The zero-order valence-corrected chi connectivity index (χ0v) is 14.6. The molecule has 1 aliphatic heterocycles. The zero-order chi connectivity index (χ0) is 16.9. The third-order valence-electron chi connectivity index (χ3n) is 5.12. The van der Waals surface area contributed by atoms with Gasteiger partial charge < -0.3 is 14.9 Å². The molecule has 0 spiro atoms. The van der Waals surface area contributed by atoms with Gasteiger partial charge in [-0.05, 0) is 76.2 Å². The van der Waals surface area contributed by atoms with Gasteiger partial charge >= 0.3 is 0 Å². The van der Waals surface area contributed by atoms with E-state index in [1.807, 2.05) is 32.0 Å². The Morgan fingerprint density at radius 2 is 1.91 bits per heavy atom. The van der Waals surface area contributed by atoms with Gasteiger partial charge in [0.25, 0.3) is 0 Å². The molecule has 1 fully saturated rings. The summed E-state index contributed by atoms with van der Waals surface area (Å²) in [5, 5.41) is 21.4. The van der Waals surface area contributed by atoms with Crippen LogP contribution in [0.3, 0.4) is 0 Å². The van der Waals surface area contributed by atoms with E-state index < -0.39 is 11.2 Å². The van der Waals surface area contributed by atoms with Crippen LogP contribution in [0.5, 0.6) is 0 Å². The molecule has 0 unspecified atom stereocenters. The molecule has 1 heterocycles. The summed E-state index contributed by atoms with van der Waals surface area (Å²) in [6.07, 6.45) is 4.75. The van der Waals surface area contributed by atoms with Gasteiger partial charge in [0.05, 0.1) is 11.2 Å². The summed E-state index contributed by atoms with van der Waals surface area (Å²) in [5.41, 5.74) is 1.37. The molecular weight excluding hydrogens is 288 g/mol. The minimum Gasteiger partial charge on any atom is -0.390 e. The first-order chi connectivity index (χ1) is 10.6. The van der Waals surface area contributed by atoms with Crippen LogP contribution in [0, 0.1) is 0 Å². The van der Waals surface area contributed by atoms with Crippen LogP contribution in [0.15, 0.2) is 30.3 Å². The molecule has 2 N–H and O–H groups in total. The predicted molar refractivity (Wildman–Crippen MR) is 92.0 cm³/mol. The quantitative estimate of drug-likeness (QED) is 0.892. The molecule has 0 bridgehead atoms. The van der Waals surface area contributed by atoms with Crippen molar-refractivity contribution >= 4 is 5.57 Å². The minimum absolute atomic E-state index is 0.221. The zero-order valence-electron chi connectivity index (χ0n) is 14.6. The van der Waals surface area contributed by atoms with Crippen LogP contribution in [0.1, 0.15) is 64.5 Å². The van der Waals surface area contributed by atoms with Gasteiger partial charge in [-0.2, -0.15) is 0 Å². The van der Waals surface area contributed by atoms with Crippen molar-refractivity contribution in [2.45, 2.75) is 76.3 Å². The Balaban J connectivity index is 2.00. The van der Waals surface area contributed by atoms with Crippen LogP contribution >= 0.6 is 0 Å². The number of allylic oxidation sites excluding steroid dienone is 1. The van der Waals surface area contributed by atoms with Crippen molar-refractivity contribution in [2.24, 2.45) is 0 Å². The van der Waals surface area contributed by atoms with E-state index in [0.29, 0.717) is 12.8 Å². The highest BCUT2D eigenvalue weighted by atomic mass is 16.5. The molecule has 1 aromatic carbocycles. The number of ether oxygens (including phenoxy) is 1. The molecule has 0 saturated carbocycles. The van der Waals surface area contributed by atoms with E-state index >= 15 is 0 Å². The van der Waals surface area contributed by atoms with Crippen LogP contribution in [-0.2, 0) is 10.3 Å². The third kappa shape index (κ3) is 3.23. The van der Waals surface area contributed by atoms with Crippen molar-refractivity contribution in [2.75, 3.05) is 0 Å². The summed E-state index contributed by atoms with van der Waals surface area (Å²) >= 11 is 0. The second kappa shape index (κ2) is 5.44. The van der Waals surface area contributed by atoms with E-state index in [9.17, 15) is 10.2 Å². The van der Waals surface area contributed by atoms with Crippen molar-refractivity contribution in [1.29, 1.82) is 0 Å². The highest BCUT2D eigenvalue weighted by Crippen LogP contribution is 2.48. The van der Waals surface area contributed by atoms with Crippen LogP contribution in [-0.4, -0.2) is 27.5 Å². The number of fused-ring (bicyclic) bond motifs is 3. The van der Waals surface area contributed by atoms with Gasteiger partial charge in [0.15, 0.2) is 0 Å². The van der Waals surface area contributed by atoms with Crippen molar-refractivity contribution in [1.82, 2.24) is 0 Å². The molecule has 23 heavy (non-hydrogen) atoms. The predicted octanol–water partition coefficient (Wildman–Crippen LogP) is 3.78. The maximum Gasteiger partial charge on any atom is 0.120 e. The van der Waals surface area contributed by atoms with Gasteiger partial charge in [-0.25, -0.2) is 0 Å². The number of hydrogen-bond donors (Lipinski definition) is 2. The molecule has 3 rings (SSSR count). The fraction of sp³-hybridized carbons (Fsp3) is 0.600. The Bertz CT molecular complexity index is 624. The van der Waals surface area contributed by atoms with Gasteiger partial charge in [-0.1, -0.05) is 24.3 Å². The highest BCUT2D eigenvalue weighted by Gasteiger charge is 2.49. The summed E-state index contributed by atoms with van der Waals surface area (Å²) in [6.45, 7) is 7.83. The maximum atomic E-state index is 11.3. The van der Waals surface area contributed by atoms with Crippen LogP contribution < -0.4 is 0 Å². The summed E-state index contributed by atoms with van der Waals surface area (Å²) in [7, 11) is 0. The number of aliphatic hydroxyl groups is 2. The maximum absolute atomic E-state index is 11.3. The van der Waals surface area contributed by atoms with Gasteiger partial charge in [-0.15, -0.1) is 0 Å². The average Bonchev–Trinajstić information content (AvgIpc) is 2.45. The largest absolute Gasteiger partial charge is 0.390 e. The standard InChI is InChI=1S/C20H28O3/c1-18(2,21)10-9-14-13-17-20(22,12-11-19(3,4)23-17)16-8-6-5-7-15(14)16/h5-8,13,17,21-22H,9-12H2,1-4H3/t17-,20-/m0/s1. The molecule has 126 valence electrons. The first-order valence-electron chi connectivity index (χ1n) is 8.54. The monoisotopic (exact) mass is 316 g/mol. The Morgan fingerprint density at radius 1 is 1.22 bits per heavy atom. The Kier molecular flexibility index (Phi) is 3.95. The molecule has 2 atom stereocenters. The molecule has 2 aliphatic rings. The normalized spacial score (nSPS) is 29.5. The lowest BCUT2D eigenvalue weighted by atomic mass is 9.71. The van der Waals surface area contributed by atoms with E-state index in [-0.39, 0.29) is 11.7 Å². The lowest BCUT2D eigenvalue weighted by Crippen LogP contribution is -2.52. The van der Waals surface area contributed by atoms with Crippen LogP contribution in [0.2, 0.25) is 0 Å². The second-order valence-electron chi connectivity index (χ2n) is 8.27. The summed E-state index contributed by atoms with van der Waals surface area (Å²) < 4.78 is 6.21.